The van der Waals surface area contributed by atoms with Crippen LogP contribution in [0.5, 0.6) is 0 Å². The summed E-state index contributed by atoms with van der Waals surface area (Å²) in [6, 6.07) is 10.3. The number of nitrogens with zero attached hydrogens (tertiary/aromatic N) is 1. The van der Waals surface area contributed by atoms with Gasteiger partial charge in [-0.25, -0.2) is 14.6 Å². The molecule has 2 atom stereocenters. The summed E-state index contributed by atoms with van der Waals surface area (Å²) in [5.74, 6) is -1.37. The molecule has 2 aromatic rings. The van der Waals surface area contributed by atoms with Gasteiger partial charge in [-0.05, 0) is 24.6 Å². The number of esters is 1. The summed E-state index contributed by atoms with van der Waals surface area (Å²) >= 11 is 5.88. The monoisotopic (exact) mass is 390 g/mol. The number of carbonyl (C=O) groups excluding carboxylic acids is 3. The molecule has 4 N–H and O–H groups in total. The third-order valence-corrected chi connectivity index (χ3v) is 3.86. The maximum atomic E-state index is 12.4. The first-order valence-corrected chi connectivity index (χ1v) is 8.46. The van der Waals surface area contributed by atoms with E-state index in [4.69, 9.17) is 22.1 Å². The van der Waals surface area contributed by atoms with Gasteiger partial charge in [0.2, 0.25) is 0 Å². The molecular formula is C18H19ClN4O4. The van der Waals surface area contributed by atoms with E-state index < -0.39 is 30.1 Å². The molecule has 142 valence electrons. The Bertz CT molecular complexity index is 816. The van der Waals surface area contributed by atoms with Crippen LogP contribution in [0.15, 0.2) is 48.7 Å². The molecule has 0 unspecified atom stereocenters. The number of primary amides is 1. The van der Waals surface area contributed by atoms with Crippen LogP contribution in [-0.4, -0.2) is 35.0 Å². The van der Waals surface area contributed by atoms with Gasteiger partial charge in [-0.2, -0.15) is 0 Å². The molecule has 1 aromatic heterocycles. The quantitative estimate of drug-likeness (QED) is 0.492. The number of hydrogen-bond acceptors (Lipinski definition) is 5. The molecule has 0 bridgehead atoms. The van der Waals surface area contributed by atoms with E-state index in [0.29, 0.717) is 5.69 Å². The van der Waals surface area contributed by atoms with Crippen molar-refractivity contribution in [3.63, 3.8) is 0 Å². The van der Waals surface area contributed by atoms with Gasteiger partial charge in [0.25, 0.3) is 5.91 Å². The normalized spacial score (nSPS) is 12.5. The van der Waals surface area contributed by atoms with Crippen LogP contribution < -0.4 is 16.4 Å². The molecule has 0 radical (unpaired) electrons. The number of ether oxygens (including phenoxy) is 1. The number of urea groups is 1. The predicted molar refractivity (Wildman–Crippen MR) is 100 cm³/mol. The Labute approximate surface area is 161 Å². The number of nitrogens with two attached hydrogens (primary N) is 1. The van der Waals surface area contributed by atoms with E-state index in [9.17, 15) is 14.4 Å². The Morgan fingerprint density at radius 1 is 1.19 bits per heavy atom. The highest BCUT2D eigenvalue weighted by atomic mass is 35.5. The van der Waals surface area contributed by atoms with Crippen molar-refractivity contribution in [1.82, 2.24) is 10.3 Å². The second kappa shape index (κ2) is 9.54. The summed E-state index contributed by atoms with van der Waals surface area (Å²) < 4.78 is 5.17. The van der Waals surface area contributed by atoms with Gasteiger partial charge in [-0.15, -0.1) is 0 Å². The number of aromatic nitrogens is 1. The van der Waals surface area contributed by atoms with Gasteiger partial charge in [0.15, 0.2) is 11.3 Å². The number of pyridine rings is 1. The molecular weight excluding hydrogens is 372 g/mol. The topological polar surface area (TPSA) is 123 Å². The maximum absolute atomic E-state index is 12.4. The molecule has 27 heavy (non-hydrogen) atoms. The number of carbonyl (C=O) groups is 3. The predicted octanol–water partition coefficient (Wildman–Crippen LogP) is 1.88. The molecule has 8 nitrogen and oxygen atoms in total. The fourth-order valence-electron chi connectivity index (χ4n) is 2.24. The number of halogens is 1. The molecule has 0 aliphatic carbocycles. The molecule has 0 fully saturated rings. The van der Waals surface area contributed by atoms with Gasteiger partial charge < -0.3 is 21.1 Å². The van der Waals surface area contributed by atoms with Crippen LogP contribution in [0.4, 0.5) is 10.5 Å². The molecule has 9 heteroatoms. The average Bonchev–Trinajstić information content (AvgIpc) is 2.63. The number of anilines is 1. The SMILES string of the molecule is C[C@H](OC(=O)[C@H](Cc1ccccc1)NC(N)=O)C(=O)Nc1cccnc1Cl. The average molecular weight is 391 g/mol. The highest BCUT2D eigenvalue weighted by molar-refractivity contribution is 6.32. The first kappa shape index (κ1) is 20.2. The van der Waals surface area contributed by atoms with E-state index in [-0.39, 0.29) is 11.6 Å². The minimum Gasteiger partial charge on any atom is -0.451 e. The van der Waals surface area contributed by atoms with Crippen molar-refractivity contribution in [3.8, 4) is 0 Å². The molecule has 0 aliphatic rings. The number of benzene rings is 1. The minimum absolute atomic E-state index is 0.113. The van der Waals surface area contributed by atoms with Crippen molar-refractivity contribution in [2.75, 3.05) is 5.32 Å². The zero-order chi connectivity index (χ0) is 19.8. The summed E-state index contributed by atoms with van der Waals surface area (Å²) in [6.45, 7) is 1.40. The molecule has 0 aliphatic heterocycles. The standard InChI is InChI=1S/C18H19ClN4O4/c1-11(16(24)22-13-8-5-9-21-15(13)19)27-17(25)14(23-18(20)26)10-12-6-3-2-4-7-12/h2-9,11,14H,10H2,1H3,(H,22,24)(H3,20,23,26)/t11-,14-/m0/s1. The second-order valence-electron chi connectivity index (χ2n) is 5.66. The Kier molecular flexibility index (Phi) is 7.13. The molecule has 0 spiro atoms. The van der Waals surface area contributed by atoms with Crippen LogP contribution in [0.25, 0.3) is 0 Å². The Morgan fingerprint density at radius 3 is 2.52 bits per heavy atom. The van der Waals surface area contributed by atoms with E-state index in [0.717, 1.165) is 5.56 Å². The Balaban J connectivity index is 2.01. The number of nitrogens with one attached hydrogen (secondary N) is 2. The minimum atomic E-state index is -1.12. The fraction of sp³-hybridized carbons (Fsp3) is 0.222. The van der Waals surface area contributed by atoms with Crippen LogP contribution in [0, 0.1) is 0 Å². The van der Waals surface area contributed by atoms with Crippen molar-refractivity contribution in [2.45, 2.75) is 25.5 Å². The van der Waals surface area contributed by atoms with Crippen molar-refractivity contribution in [3.05, 3.63) is 59.4 Å². The van der Waals surface area contributed by atoms with E-state index in [2.05, 4.69) is 15.6 Å². The molecule has 3 amide bonds. The summed E-state index contributed by atoms with van der Waals surface area (Å²) in [6.07, 6.45) is 0.526. The van der Waals surface area contributed by atoms with E-state index in [1.165, 1.54) is 13.1 Å². The molecule has 1 heterocycles. The van der Waals surface area contributed by atoms with Crippen molar-refractivity contribution in [1.29, 1.82) is 0 Å². The fourth-order valence-corrected chi connectivity index (χ4v) is 2.40. The number of amides is 3. The zero-order valence-corrected chi connectivity index (χ0v) is 15.3. The summed E-state index contributed by atoms with van der Waals surface area (Å²) in [5, 5.41) is 4.97. The van der Waals surface area contributed by atoms with Gasteiger partial charge >= 0.3 is 12.0 Å². The molecule has 2 rings (SSSR count). The second-order valence-corrected chi connectivity index (χ2v) is 6.02. The maximum Gasteiger partial charge on any atom is 0.329 e. The third kappa shape index (κ3) is 6.27. The zero-order valence-electron chi connectivity index (χ0n) is 14.5. The highest BCUT2D eigenvalue weighted by Gasteiger charge is 2.26. The number of rotatable bonds is 7. The smallest absolute Gasteiger partial charge is 0.329 e. The lowest BCUT2D eigenvalue weighted by Gasteiger charge is -2.20. The van der Waals surface area contributed by atoms with Gasteiger partial charge in [0, 0.05) is 12.6 Å². The molecule has 0 saturated heterocycles. The lowest BCUT2D eigenvalue weighted by Crippen LogP contribution is -2.47. The van der Waals surface area contributed by atoms with Crippen molar-refractivity contribution in [2.24, 2.45) is 5.73 Å². The summed E-state index contributed by atoms with van der Waals surface area (Å²) in [7, 11) is 0. The van der Waals surface area contributed by atoms with E-state index >= 15 is 0 Å². The van der Waals surface area contributed by atoms with Crippen LogP contribution in [-0.2, 0) is 20.7 Å². The first-order chi connectivity index (χ1) is 12.9. The highest BCUT2D eigenvalue weighted by Crippen LogP contribution is 2.18. The van der Waals surface area contributed by atoms with Crippen LogP contribution in [0.1, 0.15) is 12.5 Å². The molecule has 0 saturated carbocycles. The van der Waals surface area contributed by atoms with Crippen molar-refractivity contribution >= 4 is 35.2 Å². The Morgan fingerprint density at radius 2 is 1.89 bits per heavy atom. The van der Waals surface area contributed by atoms with Gasteiger partial charge in [0.05, 0.1) is 5.69 Å². The van der Waals surface area contributed by atoms with Gasteiger partial charge in [0.1, 0.15) is 6.04 Å². The largest absolute Gasteiger partial charge is 0.451 e. The van der Waals surface area contributed by atoms with E-state index in [1.54, 1.807) is 36.4 Å². The number of hydrogen-bond donors (Lipinski definition) is 3. The Hall–Kier alpha value is -3.13. The first-order valence-electron chi connectivity index (χ1n) is 8.08. The lowest BCUT2D eigenvalue weighted by atomic mass is 10.1. The van der Waals surface area contributed by atoms with Crippen molar-refractivity contribution < 1.29 is 19.1 Å². The van der Waals surface area contributed by atoms with Gasteiger partial charge in [-0.1, -0.05) is 41.9 Å². The third-order valence-electron chi connectivity index (χ3n) is 3.56. The summed E-state index contributed by atoms with van der Waals surface area (Å²) in [5.41, 5.74) is 6.23. The van der Waals surface area contributed by atoms with Crippen LogP contribution in [0.3, 0.4) is 0 Å². The molecule has 1 aromatic carbocycles. The van der Waals surface area contributed by atoms with Crippen LogP contribution in [0.2, 0.25) is 5.15 Å². The van der Waals surface area contributed by atoms with Gasteiger partial charge in [-0.3, -0.25) is 4.79 Å². The summed E-state index contributed by atoms with van der Waals surface area (Å²) in [4.78, 5) is 39.7. The van der Waals surface area contributed by atoms with Crippen LogP contribution >= 0.6 is 11.6 Å². The lowest BCUT2D eigenvalue weighted by molar-refractivity contribution is -0.155. The van der Waals surface area contributed by atoms with E-state index in [1.807, 2.05) is 6.07 Å².